The molecule has 0 fully saturated rings. The van der Waals surface area contributed by atoms with Gasteiger partial charge in [-0.25, -0.2) is 0 Å². The van der Waals surface area contributed by atoms with Gasteiger partial charge in [0.15, 0.2) is 0 Å². The van der Waals surface area contributed by atoms with Crippen LogP contribution in [0, 0.1) is 0 Å². The molecule has 0 aromatic heterocycles. The predicted octanol–water partition coefficient (Wildman–Crippen LogP) is 1.06. The molecular weight excluding hydrogens is 142 g/mol. The van der Waals surface area contributed by atoms with Crippen LogP contribution in [0.2, 0.25) is 0 Å². The van der Waals surface area contributed by atoms with Crippen molar-refractivity contribution in [2.75, 3.05) is 6.54 Å². The Hall–Kier alpha value is -0.990. The van der Waals surface area contributed by atoms with E-state index in [4.69, 9.17) is 4.74 Å². The molecule has 0 atom stereocenters. The third kappa shape index (κ3) is 6.90. The van der Waals surface area contributed by atoms with Crippen molar-refractivity contribution < 1.29 is 9.53 Å². The first-order valence-electron chi connectivity index (χ1n) is 3.61. The van der Waals surface area contributed by atoms with Crippen molar-refractivity contribution in [1.82, 2.24) is 5.32 Å². The summed E-state index contributed by atoms with van der Waals surface area (Å²) in [6, 6.07) is 0. The predicted molar refractivity (Wildman–Crippen MR) is 44.0 cm³/mol. The molecule has 0 aliphatic heterocycles. The molecule has 0 unspecified atom stereocenters. The number of nitrogens with one attached hydrogen (secondary N) is 1. The van der Waals surface area contributed by atoms with Gasteiger partial charge in [-0.2, -0.15) is 0 Å². The topological polar surface area (TPSA) is 38.3 Å². The van der Waals surface area contributed by atoms with Gasteiger partial charge in [-0.1, -0.05) is 6.58 Å². The summed E-state index contributed by atoms with van der Waals surface area (Å²) in [6.07, 6.45) is -0.0468. The van der Waals surface area contributed by atoms with Crippen LogP contribution >= 0.6 is 0 Å². The van der Waals surface area contributed by atoms with E-state index >= 15 is 0 Å². The van der Waals surface area contributed by atoms with E-state index in [0.29, 0.717) is 0 Å². The van der Waals surface area contributed by atoms with Crippen LogP contribution in [0.4, 0.5) is 0 Å². The number of carbonyl (C=O) groups is 1. The van der Waals surface area contributed by atoms with Crippen LogP contribution in [0.5, 0.6) is 0 Å². The zero-order valence-corrected chi connectivity index (χ0v) is 7.31. The van der Waals surface area contributed by atoms with Gasteiger partial charge in [0.2, 0.25) is 0 Å². The molecule has 3 nitrogen and oxygen atoms in total. The summed E-state index contributed by atoms with van der Waals surface area (Å²) in [6.45, 7) is 9.22. The third-order valence-electron chi connectivity index (χ3n) is 0.902. The van der Waals surface area contributed by atoms with E-state index in [1.54, 1.807) is 6.92 Å². The van der Waals surface area contributed by atoms with Gasteiger partial charge in [-0.3, -0.25) is 4.79 Å². The van der Waals surface area contributed by atoms with Crippen molar-refractivity contribution >= 4 is 5.97 Å². The van der Waals surface area contributed by atoms with E-state index in [1.807, 2.05) is 13.8 Å². The van der Waals surface area contributed by atoms with E-state index in [1.165, 1.54) is 0 Å². The highest BCUT2D eigenvalue weighted by Gasteiger charge is 2.03. The first-order chi connectivity index (χ1) is 5.02. The third-order valence-corrected chi connectivity index (χ3v) is 0.902. The highest BCUT2D eigenvalue weighted by atomic mass is 16.5. The first-order valence-corrected chi connectivity index (χ1v) is 3.61. The molecule has 0 bridgehead atoms. The lowest BCUT2D eigenvalue weighted by Crippen LogP contribution is -2.24. The molecule has 0 aromatic carbocycles. The van der Waals surface area contributed by atoms with Crippen molar-refractivity contribution in [2.45, 2.75) is 26.9 Å². The number of hydrogen-bond donors (Lipinski definition) is 1. The zero-order chi connectivity index (χ0) is 8.85. The lowest BCUT2D eigenvalue weighted by molar-refractivity contribution is -0.146. The maximum Gasteiger partial charge on any atom is 0.325 e. The Labute approximate surface area is 67.4 Å². The molecular formula is C8H15NO2. The average molecular weight is 157 g/mol. The normalized spacial score (nSPS) is 9.45. The second kappa shape index (κ2) is 4.77. The van der Waals surface area contributed by atoms with Gasteiger partial charge in [0.05, 0.1) is 6.10 Å². The summed E-state index contributed by atoms with van der Waals surface area (Å²) < 4.78 is 4.86. The number of rotatable bonds is 4. The molecule has 0 radical (unpaired) electrons. The van der Waals surface area contributed by atoms with Gasteiger partial charge in [0.25, 0.3) is 0 Å². The molecule has 0 heterocycles. The fraction of sp³-hybridized carbons (Fsp3) is 0.625. The monoisotopic (exact) mass is 157 g/mol. The Morgan fingerprint density at radius 3 is 2.55 bits per heavy atom. The summed E-state index contributed by atoms with van der Waals surface area (Å²) in [7, 11) is 0. The minimum absolute atomic E-state index is 0.0468. The van der Waals surface area contributed by atoms with Crippen molar-refractivity contribution in [3.05, 3.63) is 12.3 Å². The average Bonchev–Trinajstić information content (AvgIpc) is 1.82. The fourth-order valence-corrected chi connectivity index (χ4v) is 0.528. The second-order valence-electron chi connectivity index (χ2n) is 2.67. The van der Waals surface area contributed by atoms with Crippen molar-refractivity contribution in [2.24, 2.45) is 0 Å². The lowest BCUT2D eigenvalue weighted by Gasteiger charge is -2.08. The second-order valence-corrected chi connectivity index (χ2v) is 2.67. The summed E-state index contributed by atoms with van der Waals surface area (Å²) in [5.74, 6) is -0.247. The summed E-state index contributed by atoms with van der Waals surface area (Å²) in [4.78, 5) is 10.8. The highest BCUT2D eigenvalue weighted by molar-refractivity contribution is 5.72. The number of ether oxygens (including phenoxy) is 1. The molecule has 0 rings (SSSR count). The molecule has 3 heteroatoms. The van der Waals surface area contributed by atoms with Crippen LogP contribution in [-0.2, 0) is 9.53 Å². The van der Waals surface area contributed by atoms with E-state index in [-0.39, 0.29) is 18.6 Å². The number of hydrogen-bond acceptors (Lipinski definition) is 3. The van der Waals surface area contributed by atoms with E-state index in [0.717, 1.165) is 5.70 Å². The van der Waals surface area contributed by atoms with Crippen molar-refractivity contribution in [3.63, 3.8) is 0 Å². The fourth-order valence-electron chi connectivity index (χ4n) is 0.528. The molecule has 1 N–H and O–H groups in total. The maximum absolute atomic E-state index is 10.8. The zero-order valence-electron chi connectivity index (χ0n) is 7.31. The van der Waals surface area contributed by atoms with Gasteiger partial charge in [0, 0.05) is 5.70 Å². The first kappa shape index (κ1) is 10.0. The Balaban J connectivity index is 3.45. The van der Waals surface area contributed by atoms with Crippen LogP contribution in [0.15, 0.2) is 12.3 Å². The smallest absolute Gasteiger partial charge is 0.325 e. The van der Waals surface area contributed by atoms with Gasteiger partial charge in [-0.05, 0) is 20.8 Å². The summed E-state index contributed by atoms with van der Waals surface area (Å²) in [5.41, 5.74) is 0.769. The van der Waals surface area contributed by atoms with E-state index in [2.05, 4.69) is 11.9 Å². The Morgan fingerprint density at radius 1 is 1.64 bits per heavy atom. The lowest BCUT2D eigenvalue weighted by atomic mass is 10.5. The van der Waals surface area contributed by atoms with Gasteiger partial charge in [0.1, 0.15) is 6.54 Å². The Morgan fingerprint density at radius 2 is 2.18 bits per heavy atom. The van der Waals surface area contributed by atoms with Crippen LogP contribution in [0.1, 0.15) is 20.8 Å². The minimum atomic E-state index is -0.247. The van der Waals surface area contributed by atoms with Gasteiger partial charge < -0.3 is 10.1 Å². The molecule has 0 amide bonds. The SMILES string of the molecule is C=C(C)NCC(=O)OC(C)C. The van der Waals surface area contributed by atoms with Crippen LogP contribution in [0.3, 0.4) is 0 Å². The van der Waals surface area contributed by atoms with Crippen molar-refractivity contribution in [1.29, 1.82) is 0 Å². The number of allylic oxidation sites excluding steroid dienone is 1. The Bertz CT molecular complexity index is 152. The summed E-state index contributed by atoms with van der Waals surface area (Å²) >= 11 is 0. The quantitative estimate of drug-likeness (QED) is 0.620. The van der Waals surface area contributed by atoms with Crippen LogP contribution in [0.25, 0.3) is 0 Å². The van der Waals surface area contributed by atoms with Gasteiger partial charge >= 0.3 is 5.97 Å². The maximum atomic E-state index is 10.8. The molecule has 0 saturated carbocycles. The molecule has 0 aliphatic rings. The Kier molecular flexibility index (Phi) is 4.34. The van der Waals surface area contributed by atoms with Crippen LogP contribution in [-0.4, -0.2) is 18.6 Å². The highest BCUT2D eigenvalue weighted by Crippen LogP contribution is 1.88. The minimum Gasteiger partial charge on any atom is -0.462 e. The standard InChI is InChI=1S/C8H15NO2/c1-6(2)9-5-8(10)11-7(3)4/h7,9H,1,5H2,2-4H3. The van der Waals surface area contributed by atoms with E-state index < -0.39 is 0 Å². The molecule has 64 valence electrons. The molecule has 0 aromatic rings. The molecule has 0 spiro atoms. The number of esters is 1. The van der Waals surface area contributed by atoms with Crippen molar-refractivity contribution in [3.8, 4) is 0 Å². The molecule has 0 saturated heterocycles. The molecule has 0 aliphatic carbocycles. The summed E-state index contributed by atoms with van der Waals surface area (Å²) in [5, 5.41) is 2.78. The van der Waals surface area contributed by atoms with E-state index in [9.17, 15) is 4.79 Å². The van der Waals surface area contributed by atoms with Gasteiger partial charge in [-0.15, -0.1) is 0 Å². The molecule has 11 heavy (non-hydrogen) atoms. The van der Waals surface area contributed by atoms with Crippen LogP contribution < -0.4 is 5.32 Å². The number of carbonyl (C=O) groups excluding carboxylic acids is 1. The largest absolute Gasteiger partial charge is 0.462 e.